The summed E-state index contributed by atoms with van der Waals surface area (Å²) >= 11 is 0. The molecule has 0 unspecified atom stereocenters. The first kappa shape index (κ1) is 15.1. The van der Waals surface area contributed by atoms with Crippen molar-refractivity contribution in [3.8, 4) is 5.75 Å². The fourth-order valence-electron chi connectivity index (χ4n) is 2.42. The van der Waals surface area contributed by atoms with E-state index in [4.69, 9.17) is 4.74 Å². The van der Waals surface area contributed by atoms with Crippen molar-refractivity contribution in [3.05, 3.63) is 65.6 Å². The fraction of sp³-hybridized carbons (Fsp3) is 0.167. The van der Waals surface area contributed by atoms with Crippen LogP contribution in [-0.2, 0) is 6.42 Å². The van der Waals surface area contributed by atoms with Gasteiger partial charge in [0.1, 0.15) is 17.3 Å². The molecule has 0 saturated carbocycles. The minimum absolute atomic E-state index is 0.165. The maximum atomic E-state index is 12.8. The molecule has 0 aliphatic carbocycles. The van der Waals surface area contributed by atoms with E-state index >= 15 is 0 Å². The molecular weight excluding hydrogens is 295 g/mol. The van der Waals surface area contributed by atoms with E-state index in [9.17, 15) is 9.18 Å². The SMILES string of the molecule is COc1ccc2cc(C(=O)NCCc3ccc(F)cc3)[nH]c2c1. The van der Waals surface area contributed by atoms with Gasteiger partial charge < -0.3 is 15.0 Å². The number of benzene rings is 2. The van der Waals surface area contributed by atoms with Crippen LogP contribution in [0.2, 0.25) is 0 Å². The molecule has 0 aliphatic heterocycles. The lowest BCUT2D eigenvalue weighted by molar-refractivity contribution is 0.0950. The highest BCUT2D eigenvalue weighted by Gasteiger charge is 2.09. The molecule has 0 bridgehead atoms. The Hall–Kier alpha value is -2.82. The van der Waals surface area contributed by atoms with E-state index in [1.54, 1.807) is 19.2 Å². The number of ether oxygens (including phenoxy) is 1. The topological polar surface area (TPSA) is 54.1 Å². The lowest BCUT2D eigenvalue weighted by Gasteiger charge is -2.04. The van der Waals surface area contributed by atoms with Gasteiger partial charge in [-0.25, -0.2) is 4.39 Å². The summed E-state index contributed by atoms with van der Waals surface area (Å²) in [7, 11) is 1.60. The molecule has 0 radical (unpaired) electrons. The van der Waals surface area contributed by atoms with Crippen molar-refractivity contribution in [3.63, 3.8) is 0 Å². The number of amides is 1. The highest BCUT2D eigenvalue weighted by molar-refractivity contribution is 5.98. The average molecular weight is 312 g/mol. The van der Waals surface area contributed by atoms with Gasteiger partial charge in [-0.15, -0.1) is 0 Å². The Balaban J connectivity index is 1.62. The number of methoxy groups -OCH3 is 1. The number of fused-ring (bicyclic) bond motifs is 1. The Morgan fingerprint density at radius 2 is 1.96 bits per heavy atom. The van der Waals surface area contributed by atoms with Crippen LogP contribution in [0.5, 0.6) is 5.75 Å². The number of H-pyrrole nitrogens is 1. The van der Waals surface area contributed by atoms with Crippen LogP contribution < -0.4 is 10.1 Å². The zero-order valence-corrected chi connectivity index (χ0v) is 12.7. The Bertz CT molecular complexity index is 825. The molecule has 3 aromatic rings. The minimum atomic E-state index is -0.258. The number of carbonyl (C=O) groups excluding carboxylic acids is 1. The van der Waals surface area contributed by atoms with E-state index in [0.717, 1.165) is 22.2 Å². The molecule has 4 nitrogen and oxygen atoms in total. The van der Waals surface area contributed by atoms with E-state index in [1.165, 1.54) is 12.1 Å². The first-order valence-corrected chi connectivity index (χ1v) is 7.35. The summed E-state index contributed by atoms with van der Waals surface area (Å²) in [6.07, 6.45) is 0.653. The smallest absolute Gasteiger partial charge is 0.267 e. The summed E-state index contributed by atoms with van der Waals surface area (Å²) in [5.41, 5.74) is 2.34. The highest BCUT2D eigenvalue weighted by Crippen LogP contribution is 2.21. The maximum Gasteiger partial charge on any atom is 0.267 e. The second-order valence-corrected chi connectivity index (χ2v) is 5.27. The van der Waals surface area contributed by atoms with Crippen molar-refractivity contribution in [1.82, 2.24) is 10.3 Å². The predicted octanol–water partition coefficient (Wildman–Crippen LogP) is 3.29. The summed E-state index contributed by atoms with van der Waals surface area (Å²) in [4.78, 5) is 15.3. The molecule has 0 aliphatic rings. The van der Waals surface area contributed by atoms with Gasteiger partial charge >= 0.3 is 0 Å². The van der Waals surface area contributed by atoms with Crippen LogP contribution in [0.15, 0.2) is 48.5 Å². The summed E-state index contributed by atoms with van der Waals surface area (Å²) in [5, 5.41) is 3.81. The molecule has 1 heterocycles. The van der Waals surface area contributed by atoms with Gasteiger partial charge in [-0.3, -0.25) is 4.79 Å². The number of nitrogens with one attached hydrogen (secondary N) is 2. The van der Waals surface area contributed by atoms with E-state index < -0.39 is 0 Å². The van der Waals surface area contributed by atoms with Gasteiger partial charge in [-0.1, -0.05) is 12.1 Å². The van der Waals surface area contributed by atoms with Gasteiger partial charge in [0.05, 0.1) is 7.11 Å². The number of rotatable bonds is 5. The number of aromatic nitrogens is 1. The average Bonchev–Trinajstić information content (AvgIpc) is 2.99. The van der Waals surface area contributed by atoms with Crippen molar-refractivity contribution in [2.75, 3.05) is 13.7 Å². The third-order valence-corrected chi connectivity index (χ3v) is 3.69. The maximum absolute atomic E-state index is 12.8. The van der Waals surface area contributed by atoms with Crippen LogP contribution >= 0.6 is 0 Å². The van der Waals surface area contributed by atoms with Crippen LogP contribution in [0.25, 0.3) is 10.9 Å². The molecule has 2 aromatic carbocycles. The zero-order chi connectivity index (χ0) is 16.2. The normalized spacial score (nSPS) is 10.7. The van der Waals surface area contributed by atoms with E-state index in [2.05, 4.69) is 10.3 Å². The number of halogens is 1. The first-order valence-electron chi connectivity index (χ1n) is 7.35. The minimum Gasteiger partial charge on any atom is -0.497 e. The van der Waals surface area contributed by atoms with Gasteiger partial charge in [0.2, 0.25) is 0 Å². The quantitative estimate of drug-likeness (QED) is 0.759. The molecule has 0 spiro atoms. The molecule has 1 aromatic heterocycles. The number of carbonyl (C=O) groups is 1. The van der Waals surface area contributed by atoms with Gasteiger partial charge in [-0.05, 0) is 42.3 Å². The second-order valence-electron chi connectivity index (χ2n) is 5.27. The first-order chi connectivity index (χ1) is 11.2. The third-order valence-electron chi connectivity index (χ3n) is 3.69. The summed E-state index contributed by atoms with van der Waals surface area (Å²) in [5.74, 6) is 0.316. The molecule has 3 rings (SSSR count). The molecule has 0 fully saturated rings. The molecular formula is C18H17FN2O2. The van der Waals surface area contributed by atoms with Crippen molar-refractivity contribution in [1.29, 1.82) is 0 Å². The Labute approximate surface area is 133 Å². The molecule has 1 amide bonds. The van der Waals surface area contributed by atoms with Gasteiger partial charge in [0, 0.05) is 23.5 Å². The van der Waals surface area contributed by atoms with Crippen molar-refractivity contribution in [2.24, 2.45) is 0 Å². The van der Waals surface area contributed by atoms with Crippen LogP contribution in [0.4, 0.5) is 4.39 Å². The molecule has 23 heavy (non-hydrogen) atoms. The van der Waals surface area contributed by atoms with E-state index in [1.807, 2.05) is 24.3 Å². The Kier molecular flexibility index (Phi) is 4.28. The van der Waals surface area contributed by atoms with Gasteiger partial charge in [-0.2, -0.15) is 0 Å². The number of hydrogen-bond acceptors (Lipinski definition) is 2. The van der Waals surface area contributed by atoms with Crippen molar-refractivity contribution >= 4 is 16.8 Å². The van der Waals surface area contributed by atoms with Crippen molar-refractivity contribution in [2.45, 2.75) is 6.42 Å². The van der Waals surface area contributed by atoms with Gasteiger partial charge in [0.25, 0.3) is 5.91 Å². The standard InChI is InChI=1S/C18H17FN2O2/c1-23-15-7-4-13-10-17(21-16(13)11-15)18(22)20-9-8-12-2-5-14(19)6-3-12/h2-7,10-11,21H,8-9H2,1H3,(H,20,22). The molecule has 2 N–H and O–H groups in total. The zero-order valence-electron chi connectivity index (χ0n) is 12.7. The molecule has 0 saturated heterocycles. The molecule has 118 valence electrons. The van der Waals surface area contributed by atoms with Crippen molar-refractivity contribution < 1.29 is 13.9 Å². The monoisotopic (exact) mass is 312 g/mol. The number of aromatic amines is 1. The van der Waals surface area contributed by atoms with E-state index in [0.29, 0.717) is 18.7 Å². The lowest BCUT2D eigenvalue weighted by Crippen LogP contribution is -2.25. The van der Waals surface area contributed by atoms with Crippen LogP contribution in [0, 0.1) is 5.82 Å². The Morgan fingerprint density at radius 3 is 2.70 bits per heavy atom. The van der Waals surface area contributed by atoms with E-state index in [-0.39, 0.29) is 11.7 Å². The lowest BCUT2D eigenvalue weighted by atomic mass is 10.1. The summed E-state index contributed by atoms with van der Waals surface area (Å²) in [6.45, 7) is 0.489. The van der Waals surface area contributed by atoms with Crippen LogP contribution in [0.1, 0.15) is 16.1 Å². The predicted molar refractivity (Wildman–Crippen MR) is 87.3 cm³/mol. The second kappa shape index (κ2) is 6.52. The molecule has 0 atom stereocenters. The highest BCUT2D eigenvalue weighted by atomic mass is 19.1. The van der Waals surface area contributed by atoms with Crippen LogP contribution in [-0.4, -0.2) is 24.5 Å². The fourth-order valence-corrected chi connectivity index (χ4v) is 2.42. The summed E-state index contributed by atoms with van der Waals surface area (Å²) in [6, 6.07) is 13.7. The van der Waals surface area contributed by atoms with Gasteiger partial charge in [0.15, 0.2) is 0 Å². The Morgan fingerprint density at radius 1 is 1.17 bits per heavy atom. The van der Waals surface area contributed by atoms with Crippen LogP contribution in [0.3, 0.4) is 0 Å². The number of hydrogen-bond donors (Lipinski definition) is 2. The summed E-state index contributed by atoms with van der Waals surface area (Å²) < 4.78 is 18.0. The largest absolute Gasteiger partial charge is 0.497 e. The molecule has 5 heteroatoms. The third kappa shape index (κ3) is 3.51.